The van der Waals surface area contributed by atoms with Gasteiger partial charge >= 0.3 is 0 Å². The summed E-state index contributed by atoms with van der Waals surface area (Å²) in [6.07, 6.45) is 1.78. The second-order valence-electron chi connectivity index (χ2n) is 5.54. The Hall–Kier alpha value is -1.91. The number of benzene rings is 2. The Morgan fingerprint density at radius 2 is 1.86 bits per heavy atom. The summed E-state index contributed by atoms with van der Waals surface area (Å²) in [6.45, 7) is 0. The monoisotopic (exact) mass is 530 g/mol. The van der Waals surface area contributed by atoms with Crippen molar-refractivity contribution in [1.82, 2.24) is 5.32 Å². The molecule has 1 aliphatic rings. The van der Waals surface area contributed by atoms with Crippen LogP contribution in [0, 0.1) is 3.57 Å². The molecule has 0 radical (unpaired) electrons. The van der Waals surface area contributed by atoms with Gasteiger partial charge in [-0.15, -0.1) is 0 Å². The van der Waals surface area contributed by atoms with Gasteiger partial charge in [0.1, 0.15) is 11.4 Å². The predicted molar refractivity (Wildman–Crippen MR) is 121 cm³/mol. The van der Waals surface area contributed by atoms with Crippen molar-refractivity contribution in [2.75, 3.05) is 21.3 Å². The number of carbonyl (C=O) groups is 1. The van der Waals surface area contributed by atoms with Gasteiger partial charge in [0.15, 0.2) is 16.7 Å². The van der Waals surface area contributed by atoms with Gasteiger partial charge in [0.05, 0.1) is 29.8 Å². The van der Waals surface area contributed by atoms with E-state index in [0.29, 0.717) is 38.0 Å². The zero-order valence-corrected chi connectivity index (χ0v) is 18.9. The molecule has 0 saturated carbocycles. The van der Waals surface area contributed by atoms with Crippen LogP contribution in [0.1, 0.15) is 5.56 Å². The molecule has 1 heterocycles. The van der Waals surface area contributed by atoms with Crippen LogP contribution in [0.15, 0.2) is 40.2 Å². The molecule has 28 heavy (non-hydrogen) atoms. The van der Waals surface area contributed by atoms with Gasteiger partial charge in [0.25, 0.3) is 5.91 Å². The molecule has 0 unspecified atom stereocenters. The topological polar surface area (TPSA) is 69.2 Å². The SMILES string of the molecule is COc1ccc(Cl)cc1N=C1NC(=O)/C(=C/c2cc(I)c(OC)c(OC)c2)S1. The molecule has 1 saturated heterocycles. The minimum atomic E-state index is -0.227. The molecule has 6 nitrogen and oxygen atoms in total. The van der Waals surface area contributed by atoms with Gasteiger partial charge in [-0.05, 0) is 76.3 Å². The van der Waals surface area contributed by atoms with Crippen LogP contribution in [0.5, 0.6) is 17.2 Å². The first-order chi connectivity index (χ1) is 13.4. The van der Waals surface area contributed by atoms with Crippen LogP contribution in [-0.4, -0.2) is 32.4 Å². The van der Waals surface area contributed by atoms with E-state index in [2.05, 4.69) is 32.9 Å². The molecule has 146 valence electrons. The number of rotatable bonds is 5. The predicted octanol–water partition coefficient (Wildman–Crippen LogP) is 4.86. The minimum absolute atomic E-state index is 0.227. The molecular formula is C19H16ClIN2O4S. The van der Waals surface area contributed by atoms with Crippen LogP contribution < -0.4 is 19.5 Å². The molecule has 0 aliphatic carbocycles. The zero-order valence-electron chi connectivity index (χ0n) is 15.2. The van der Waals surface area contributed by atoms with E-state index in [1.165, 1.54) is 11.8 Å². The van der Waals surface area contributed by atoms with Crippen molar-refractivity contribution in [2.45, 2.75) is 0 Å². The number of hydrogen-bond donors (Lipinski definition) is 1. The number of hydrogen-bond acceptors (Lipinski definition) is 6. The van der Waals surface area contributed by atoms with Gasteiger partial charge in [0, 0.05) is 5.02 Å². The lowest BCUT2D eigenvalue weighted by Crippen LogP contribution is -2.19. The van der Waals surface area contributed by atoms with E-state index < -0.39 is 0 Å². The second kappa shape index (κ2) is 9.06. The van der Waals surface area contributed by atoms with Crippen LogP contribution in [0.2, 0.25) is 5.02 Å². The van der Waals surface area contributed by atoms with Crippen LogP contribution in [-0.2, 0) is 4.79 Å². The number of nitrogens with zero attached hydrogens (tertiary/aromatic N) is 1. The number of halogens is 2. The Labute approximate surface area is 185 Å². The van der Waals surface area contributed by atoms with Crippen LogP contribution in [0.4, 0.5) is 5.69 Å². The zero-order chi connectivity index (χ0) is 20.3. The molecule has 1 amide bonds. The van der Waals surface area contributed by atoms with E-state index in [1.807, 2.05) is 12.1 Å². The van der Waals surface area contributed by atoms with E-state index in [-0.39, 0.29) is 5.91 Å². The fraction of sp³-hybridized carbons (Fsp3) is 0.158. The summed E-state index contributed by atoms with van der Waals surface area (Å²) in [5, 5.41) is 3.74. The Bertz CT molecular complexity index is 994. The van der Waals surface area contributed by atoms with Crippen molar-refractivity contribution in [3.63, 3.8) is 0 Å². The first-order valence-electron chi connectivity index (χ1n) is 7.99. The van der Waals surface area contributed by atoms with Crippen molar-refractivity contribution in [3.05, 3.63) is 49.4 Å². The highest BCUT2D eigenvalue weighted by molar-refractivity contribution is 14.1. The standard InChI is InChI=1S/C19H16ClIN2O4S/c1-25-14-5-4-11(20)9-13(14)22-19-23-18(24)16(28-19)8-10-6-12(21)17(27-3)15(7-10)26-2/h4-9H,1-3H3,(H,22,23,24)/b16-8-. The smallest absolute Gasteiger partial charge is 0.264 e. The molecule has 0 spiro atoms. The molecule has 0 atom stereocenters. The maximum atomic E-state index is 12.4. The fourth-order valence-electron chi connectivity index (χ4n) is 2.51. The molecule has 1 N–H and O–H groups in total. The maximum Gasteiger partial charge on any atom is 0.264 e. The lowest BCUT2D eigenvalue weighted by atomic mass is 10.2. The third-order valence-corrected chi connectivity index (χ3v) is 5.71. The van der Waals surface area contributed by atoms with Gasteiger partial charge < -0.3 is 19.5 Å². The molecule has 0 bridgehead atoms. The minimum Gasteiger partial charge on any atom is -0.494 e. The van der Waals surface area contributed by atoms with Gasteiger partial charge in [-0.2, -0.15) is 0 Å². The van der Waals surface area contributed by atoms with Crippen LogP contribution in [0.3, 0.4) is 0 Å². The molecule has 9 heteroatoms. The molecule has 2 aromatic carbocycles. The van der Waals surface area contributed by atoms with Gasteiger partial charge in [-0.3, -0.25) is 4.79 Å². The van der Waals surface area contributed by atoms with E-state index in [1.54, 1.807) is 45.6 Å². The Kier molecular flexibility index (Phi) is 6.73. The van der Waals surface area contributed by atoms with Crippen LogP contribution >= 0.6 is 46.0 Å². The summed E-state index contributed by atoms with van der Waals surface area (Å²) in [6, 6.07) is 8.85. The van der Waals surface area contributed by atoms with Crippen molar-refractivity contribution >= 4 is 68.8 Å². The fourth-order valence-corrected chi connectivity index (χ4v) is 4.36. The number of methoxy groups -OCH3 is 3. The Balaban J connectivity index is 1.91. The third-order valence-electron chi connectivity index (χ3n) is 3.77. The lowest BCUT2D eigenvalue weighted by molar-refractivity contribution is -0.115. The normalized spacial score (nSPS) is 16.4. The summed E-state index contributed by atoms with van der Waals surface area (Å²) in [4.78, 5) is 17.3. The summed E-state index contributed by atoms with van der Waals surface area (Å²) in [7, 11) is 4.72. The third kappa shape index (κ3) is 4.56. The van der Waals surface area contributed by atoms with Gasteiger partial charge in [0.2, 0.25) is 0 Å². The number of ether oxygens (including phenoxy) is 3. The largest absolute Gasteiger partial charge is 0.494 e. The first kappa shape index (κ1) is 20.8. The van der Waals surface area contributed by atoms with Gasteiger partial charge in [-0.25, -0.2) is 4.99 Å². The van der Waals surface area contributed by atoms with Crippen molar-refractivity contribution < 1.29 is 19.0 Å². The molecule has 3 rings (SSSR count). The van der Waals surface area contributed by atoms with E-state index in [4.69, 9.17) is 25.8 Å². The summed E-state index contributed by atoms with van der Waals surface area (Å²) in [5.74, 6) is 1.60. The summed E-state index contributed by atoms with van der Waals surface area (Å²) < 4.78 is 16.9. The van der Waals surface area contributed by atoms with Gasteiger partial charge in [-0.1, -0.05) is 11.6 Å². The maximum absolute atomic E-state index is 12.4. The number of amidine groups is 1. The first-order valence-corrected chi connectivity index (χ1v) is 10.3. The number of amides is 1. The quantitative estimate of drug-likeness (QED) is 0.442. The van der Waals surface area contributed by atoms with E-state index in [9.17, 15) is 4.79 Å². The molecular weight excluding hydrogens is 515 g/mol. The van der Waals surface area contributed by atoms with Crippen molar-refractivity contribution in [1.29, 1.82) is 0 Å². The molecule has 1 fully saturated rings. The lowest BCUT2D eigenvalue weighted by Gasteiger charge is -2.10. The highest BCUT2D eigenvalue weighted by atomic mass is 127. The Morgan fingerprint density at radius 3 is 2.54 bits per heavy atom. The highest BCUT2D eigenvalue weighted by Gasteiger charge is 2.24. The number of aliphatic imine (C=N–C) groups is 1. The highest BCUT2D eigenvalue weighted by Crippen LogP contribution is 2.37. The number of carbonyl (C=O) groups excluding carboxylic acids is 1. The molecule has 2 aromatic rings. The number of thioether (sulfide) groups is 1. The van der Waals surface area contributed by atoms with Crippen molar-refractivity contribution in [2.24, 2.45) is 4.99 Å². The van der Waals surface area contributed by atoms with E-state index >= 15 is 0 Å². The molecule has 0 aromatic heterocycles. The number of nitrogens with one attached hydrogen (secondary N) is 1. The molecule has 1 aliphatic heterocycles. The average molecular weight is 531 g/mol. The summed E-state index contributed by atoms with van der Waals surface area (Å²) in [5.41, 5.74) is 1.36. The Morgan fingerprint density at radius 1 is 1.11 bits per heavy atom. The average Bonchev–Trinajstić information content (AvgIpc) is 3.00. The van der Waals surface area contributed by atoms with Crippen LogP contribution in [0.25, 0.3) is 6.08 Å². The van der Waals surface area contributed by atoms with Crippen molar-refractivity contribution in [3.8, 4) is 17.2 Å². The van der Waals surface area contributed by atoms with E-state index in [0.717, 1.165) is 9.13 Å². The summed E-state index contributed by atoms with van der Waals surface area (Å²) >= 11 is 9.44. The second-order valence-corrected chi connectivity index (χ2v) is 8.17.